The summed E-state index contributed by atoms with van der Waals surface area (Å²) >= 11 is 0. The highest BCUT2D eigenvalue weighted by Crippen LogP contribution is 2.27. The van der Waals surface area contributed by atoms with Crippen molar-refractivity contribution in [2.75, 3.05) is 30.4 Å². The molecule has 0 aliphatic heterocycles. The van der Waals surface area contributed by atoms with Gasteiger partial charge in [0.25, 0.3) is 15.9 Å². The minimum Gasteiger partial charge on any atom is -0.495 e. The van der Waals surface area contributed by atoms with E-state index in [0.717, 1.165) is 12.2 Å². The maximum absolute atomic E-state index is 12.8. The van der Waals surface area contributed by atoms with Crippen LogP contribution in [0.1, 0.15) is 13.3 Å². The zero-order valence-corrected chi connectivity index (χ0v) is 19.2. The quantitative estimate of drug-likeness (QED) is 0.433. The predicted molar refractivity (Wildman–Crippen MR) is 127 cm³/mol. The SMILES string of the molecule is CCCOc1ccc(OCC(=O)Nc2cccc(S(=O)(=O)Nc3ccccc3OC)c2)cc1. The van der Waals surface area contributed by atoms with Crippen LogP contribution in [0.2, 0.25) is 0 Å². The van der Waals surface area contributed by atoms with Crippen molar-refractivity contribution in [2.45, 2.75) is 18.2 Å². The minimum absolute atomic E-state index is 0.00482. The van der Waals surface area contributed by atoms with E-state index in [1.54, 1.807) is 60.7 Å². The monoisotopic (exact) mass is 470 g/mol. The lowest BCUT2D eigenvalue weighted by Crippen LogP contribution is -2.20. The van der Waals surface area contributed by atoms with E-state index in [9.17, 15) is 13.2 Å². The van der Waals surface area contributed by atoms with E-state index in [2.05, 4.69) is 10.0 Å². The molecule has 8 nitrogen and oxygen atoms in total. The topological polar surface area (TPSA) is 103 Å². The van der Waals surface area contributed by atoms with E-state index in [1.807, 2.05) is 6.92 Å². The maximum atomic E-state index is 12.8. The Bertz CT molecular complexity index is 1180. The average molecular weight is 471 g/mol. The summed E-state index contributed by atoms with van der Waals surface area (Å²) in [6, 6.07) is 19.6. The molecule has 3 rings (SSSR count). The molecule has 9 heteroatoms. The fraction of sp³-hybridized carbons (Fsp3) is 0.208. The number of carbonyl (C=O) groups excluding carboxylic acids is 1. The van der Waals surface area contributed by atoms with E-state index in [0.29, 0.717) is 29.5 Å². The molecule has 0 unspecified atom stereocenters. The Morgan fingerprint density at radius 1 is 0.909 bits per heavy atom. The zero-order chi connectivity index (χ0) is 23.7. The van der Waals surface area contributed by atoms with Gasteiger partial charge in [0.2, 0.25) is 0 Å². The molecule has 0 aliphatic carbocycles. The molecule has 0 saturated carbocycles. The van der Waals surface area contributed by atoms with Crippen molar-refractivity contribution in [3.63, 3.8) is 0 Å². The van der Waals surface area contributed by atoms with Crippen molar-refractivity contribution in [1.29, 1.82) is 0 Å². The van der Waals surface area contributed by atoms with Crippen molar-refractivity contribution < 1.29 is 27.4 Å². The smallest absolute Gasteiger partial charge is 0.262 e. The minimum atomic E-state index is -3.89. The van der Waals surface area contributed by atoms with Crippen molar-refractivity contribution in [3.8, 4) is 17.2 Å². The fourth-order valence-corrected chi connectivity index (χ4v) is 3.99. The molecular formula is C24H26N2O6S. The van der Waals surface area contributed by atoms with Gasteiger partial charge in [0.1, 0.15) is 17.2 Å². The molecule has 3 aromatic carbocycles. The summed E-state index contributed by atoms with van der Waals surface area (Å²) in [6.45, 7) is 2.43. The largest absolute Gasteiger partial charge is 0.495 e. The fourth-order valence-electron chi connectivity index (χ4n) is 2.87. The normalized spacial score (nSPS) is 10.8. The third kappa shape index (κ3) is 6.88. The number of para-hydroxylation sites is 2. The molecule has 0 atom stereocenters. The van der Waals surface area contributed by atoms with Crippen LogP contribution < -0.4 is 24.2 Å². The molecule has 3 aromatic rings. The summed E-state index contributed by atoms with van der Waals surface area (Å²) in [5.41, 5.74) is 0.642. The first-order chi connectivity index (χ1) is 15.9. The second kappa shape index (κ2) is 11.2. The third-order valence-corrected chi connectivity index (χ3v) is 5.81. The molecule has 0 radical (unpaired) electrons. The van der Waals surface area contributed by atoms with Crippen LogP contribution in [0.4, 0.5) is 11.4 Å². The van der Waals surface area contributed by atoms with Gasteiger partial charge >= 0.3 is 0 Å². The van der Waals surface area contributed by atoms with Gasteiger partial charge in [0, 0.05) is 5.69 Å². The second-order valence-electron chi connectivity index (χ2n) is 6.99. The van der Waals surface area contributed by atoms with E-state index in [1.165, 1.54) is 19.2 Å². The molecule has 0 fully saturated rings. The lowest BCUT2D eigenvalue weighted by atomic mass is 10.3. The number of hydrogen-bond acceptors (Lipinski definition) is 6. The summed E-state index contributed by atoms with van der Waals surface area (Å²) in [4.78, 5) is 12.3. The van der Waals surface area contributed by atoms with Gasteiger partial charge in [0.15, 0.2) is 6.61 Å². The number of rotatable bonds is 11. The van der Waals surface area contributed by atoms with Gasteiger partial charge in [-0.1, -0.05) is 25.1 Å². The van der Waals surface area contributed by atoms with Gasteiger partial charge < -0.3 is 19.5 Å². The number of sulfonamides is 1. The van der Waals surface area contributed by atoms with Crippen LogP contribution in [0.15, 0.2) is 77.7 Å². The summed E-state index contributed by atoms with van der Waals surface area (Å²) in [5, 5.41) is 2.64. The Kier molecular flexibility index (Phi) is 8.15. The Balaban J connectivity index is 1.60. The van der Waals surface area contributed by atoms with Gasteiger partial charge in [0.05, 0.1) is 24.3 Å². The van der Waals surface area contributed by atoms with Crippen LogP contribution in [0.5, 0.6) is 17.2 Å². The van der Waals surface area contributed by atoms with E-state index >= 15 is 0 Å². The van der Waals surface area contributed by atoms with Crippen molar-refractivity contribution >= 4 is 27.3 Å². The molecule has 174 valence electrons. The summed E-state index contributed by atoms with van der Waals surface area (Å²) in [5.74, 6) is 1.22. The zero-order valence-electron chi connectivity index (χ0n) is 18.4. The lowest BCUT2D eigenvalue weighted by Gasteiger charge is -2.13. The van der Waals surface area contributed by atoms with Crippen LogP contribution in [-0.4, -0.2) is 34.6 Å². The molecule has 0 saturated heterocycles. The molecule has 0 aromatic heterocycles. The molecule has 2 N–H and O–H groups in total. The highest BCUT2D eigenvalue weighted by Gasteiger charge is 2.17. The van der Waals surface area contributed by atoms with Crippen LogP contribution in [0.25, 0.3) is 0 Å². The van der Waals surface area contributed by atoms with Crippen molar-refractivity contribution in [3.05, 3.63) is 72.8 Å². The summed E-state index contributed by atoms with van der Waals surface area (Å²) in [7, 11) is -2.44. The molecular weight excluding hydrogens is 444 g/mol. The molecule has 1 amide bonds. The number of amides is 1. The number of nitrogens with one attached hydrogen (secondary N) is 2. The first-order valence-electron chi connectivity index (χ1n) is 10.3. The first-order valence-corrected chi connectivity index (χ1v) is 11.8. The highest BCUT2D eigenvalue weighted by molar-refractivity contribution is 7.92. The Morgan fingerprint density at radius 2 is 1.61 bits per heavy atom. The summed E-state index contributed by atoms with van der Waals surface area (Å²) < 4.78 is 44.3. The van der Waals surface area contributed by atoms with Crippen molar-refractivity contribution in [1.82, 2.24) is 0 Å². The number of ether oxygens (including phenoxy) is 3. The molecule has 0 spiro atoms. The van der Waals surface area contributed by atoms with E-state index in [-0.39, 0.29) is 11.5 Å². The molecule has 0 bridgehead atoms. The Morgan fingerprint density at radius 3 is 2.30 bits per heavy atom. The first kappa shape index (κ1) is 23.9. The summed E-state index contributed by atoms with van der Waals surface area (Å²) in [6.07, 6.45) is 0.914. The van der Waals surface area contributed by atoms with Gasteiger partial charge in [-0.25, -0.2) is 8.42 Å². The van der Waals surface area contributed by atoms with Crippen LogP contribution in [-0.2, 0) is 14.8 Å². The van der Waals surface area contributed by atoms with Crippen LogP contribution in [0, 0.1) is 0 Å². The maximum Gasteiger partial charge on any atom is 0.262 e. The second-order valence-corrected chi connectivity index (χ2v) is 8.67. The van der Waals surface area contributed by atoms with Crippen LogP contribution in [0.3, 0.4) is 0 Å². The number of benzene rings is 3. The van der Waals surface area contributed by atoms with E-state index < -0.39 is 15.9 Å². The predicted octanol–water partition coefficient (Wildman–Crippen LogP) is 4.30. The van der Waals surface area contributed by atoms with E-state index in [4.69, 9.17) is 14.2 Å². The third-order valence-electron chi connectivity index (χ3n) is 4.45. The number of carbonyl (C=O) groups is 1. The molecule has 33 heavy (non-hydrogen) atoms. The van der Waals surface area contributed by atoms with Gasteiger partial charge in [-0.2, -0.15) is 0 Å². The molecule has 0 heterocycles. The Hall–Kier alpha value is -3.72. The average Bonchev–Trinajstić information content (AvgIpc) is 2.82. The Labute approximate surface area is 193 Å². The standard InChI is InChI=1S/C24H26N2O6S/c1-3-15-31-19-11-13-20(14-12-19)32-17-24(27)25-18-7-6-8-21(16-18)33(28,29)26-22-9-4-5-10-23(22)30-2/h4-14,16,26H,3,15,17H2,1-2H3,(H,25,27). The van der Waals surface area contributed by atoms with Crippen molar-refractivity contribution in [2.24, 2.45) is 0 Å². The van der Waals surface area contributed by atoms with Gasteiger partial charge in [-0.3, -0.25) is 9.52 Å². The van der Waals surface area contributed by atoms with Gasteiger partial charge in [-0.05, 0) is 61.0 Å². The van der Waals surface area contributed by atoms with Gasteiger partial charge in [-0.15, -0.1) is 0 Å². The van der Waals surface area contributed by atoms with Crippen LogP contribution >= 0.6 is 0 Å². The molecule has 0 aliphatic rings. The number of hydrogen-bond donors (Lipinski definition) is 2. The number of methoxy groups -OCH3 is 1. The number of anilines is 2. The highest BCUT2D eigenvalue weighted by atomic mass is 32.2. The lowest BCUT2D eigenvalue weighted by molar-refractivity contribution is -0.118.